The van der Waals surface area contributed by atoms with Crippen molar-refractivity contribution in [2.24, 2.45) is 0 Å². The molecular formula is C20H23FN2O3S. The smallest absolute Gasteiger partial charge is 0.234 e. The molecule has 144 valence electrons. The van der Waals surface area contributed by atoms with Gasteiger partial charge in [0.15, 0.2) is 0 Å². The van der Waals surface area contributed by atoms with Crippen molar-refractivity contribution in [2.45, 2.75) is 19.1 Å². The zero-order valence-electron chi connectivity index (χ0n) is 15.3. The van der Waals surface area contributed by atoms with Gasteiger partial charge >= 0.3 is 0 Å². The number of halogens is 1. The lowest BCUT2D eigenvalue weighted by molar-refractivity contribution is -0.120. The minimum absolute atomic E-state index is 0.131. The molecule has 2 rings (SSSR count). The second-order valence-corrected chi connectivity index (χ2v) is 7.29. The van der Waals surface area contributed by atoms with E-state index in [1.165, 1.54) is 36.0 Å². The predicted octanol–water partition coefficient (Wildman–Crippen LogP) is 3.39. The number of hydrogen-bond donors (Lipinski definition) is 2. The van der Waals surface area contributed by atoms with Crippen molar-refractivity contribution < 1.29 is 18.7 Å². The maximum atomic E-state index is 12.8. The van der Waals surface area contributed by atoms with Gasteiger partial charge in [0.25, 0.3) is 0 Å². The molecule has 0 aromatic heterocycles. The van der Waals surface area contributed by atoms with E-state index in [1.54, 1.807) is 6.92 Å². The fourth-order valence-corrected chi connectivity index (χ4v) is 2.91. The number of thioether (sulfide) groups is 1. The highest BCUT2D eigenvalue weighted by atomic mass is 32.2. The van der Waals surface area contributed by atoms with Crippen LogP contribution in [0.5, 0.6) is 5.75 Å². The summed E-state index contributed by atoms with van der Waals surface area (Å²) >= 11 is 1.23. The van der Waals surface area contributed by atoms with Gasteiger partial charge in [-0.2, -0.15) is 0 Å². The highest BCUT2D eigenvalue weighted by molar-refractivity contribution is 8.01. The fraction of sp³-hybridized carbons (Fsp3) is 0.300. The standard InChI is InChI=1S/C20H23FN2O3S/c1-14-4-3-5-18(12-14)26-11-10-22-20(25)15(2)27-13-19(24)23-17-8-6-16(21)7-9-17/h3-9,12,15H,10-11,13H2,1-2H3,(H,22,25)(H,23,24). The van der Waals surface area contributed by atoms with Crippen molar-refractivity contribution in [1.29, 1.82) is 0 Å². The fourth-order valence-electron chi connectivity index (χ4n) is 2.20. The van der Waals surface area contributed by atoms with Crippen LogP contribution in [0.1, 0.15) is 12.5 Å². The van der Waals surface area contributed by atoms with Crippen molar-refractivity contribution in [3.8, 4) is 5.75 Å². The molecule has 2 aromatic carbocycles. The Morgan fingerprint density at radius 2 is 1.93 bits per heavy atom. The number of hydrogen-bond acceptors (Lipinski definition) is 4. The first kappa shape index (κ1) is 20.8. The van der Waals surface area contributed by atoms with Gasteiger partial charge in [-0.15, -0.1) is 11.8 Å². The zero-order chi connectivity index (χ0) is 19.6. The molecule has 0 bridgehead atoms. The second-order valence-electron chi connectivity index (χ2n) is 5.96. The summed E-state index contributed by atoms with van der Waals surface area (Å²) in [6.45, 7) is 4.49. The molecule has 1 unspecified atom stereocenters. The SMILES string of the molecule is Cc1cccc(OCCNC(=O)C(C)SCC(=O)Nc2ccc(F)cc2)c1. The maximum absolute atomic E-state index is 12.8. The summed E-state index contributed by atoms with van der Waals surface area (Å²) in [6.07, 6.45) is 0. The molecule has 27 heavy (non-hydrogen) atoms. The third-order valence-corrected chi connectivity index (χ3v) is 4.76. The number of amides is 2. The monoisotopic (exact) mass is 390 g/mol. The largest absolute Gasteiger partial charge is 0.492 e. The minimum Gasteiger partial charge on any atom is -0.492 e. The summed E-state index contributed by atoms with van der Waals surface area (Å²) in [5.41, 5.74) is 1.63. The summed E-state index contributed by atoms with van der Waals surface area (Å²) in [6, 6.07) is 13.2. The normalized spacial score (nSPS) is 11.5. The average molecular weight is 390 g/mol. The number of ether oxygens (including phenoxy) is 1. The van der Waals surface area contributed by atoms with Gasteiger partial charge in [-0.05, 0) is 55.8 Å². The number of anilines is 1. The molecule has 1 atom stereocenters. The van der Waals surface area contributed by atoms with Crippen molar-refractivity contribution in [2.75, 3.05) is 24.2 Å². The number of carbonyl (C=O) groups excluding carboxylic acids is 2. The Balaban J connectivity index is 1.63. The highest BCUT2D eigenvalue weighted by Gasteiger charge is 2.15. The summed E-state index contributed by atoms with van der Waals surface area (Å²) in [7, 11) is 0. The van der Waals surface area contributed by atoms with E-state index < -0.39 is 0 Å². The lowest BCUT2D eigenvalue weighted by Crippen LogP contribution is -2.34. The van der Waals surface area contributed by atoms with Gasteiger partial charge in [0, 0.05) is 5.69 Å². The third kappa shape index (κ3) is 7.70. The average Bonchev–Trinajstić information content (AvgIpc) is 2.65. The van der Waals surface area contributed by atoms with E-state index in [0.29, 0.717) is 18.8 Å². The van der Waals surface area contributed by atoms with Gasteiger partial charge < -0.3 is 15.4 Å². The van der Waals surface area contributed by atoms with E-state index >= 15 is 0 Å². The van der Waals surface area contributed by atoms with Crippen molar-refractivity contribution in [3.05, 3.63) is 59.9 Å². The van der Waals surface area contributed by atoms with Crippen molar-refractivity contribution in [3.63, 3.8) is 0 Å². The predicted molar refractivity (Wildman–Crippen MR) is 107 cm³/mol. The number of aryl methyl sites for hydroxylation is 1. The topological polar surface area (TPSA) is 67.4 Å². The van der Waals surface area contributed by atoms with Crippen molar-refractivity contribution >= 4 is 29.3 Å². The van der Waals surface area contributed by atoms with E-state index in [1.807, 2.05) is 31.2 Å². The Bertz CT molecular complexity index is 768. The molecule has 2 N–H and O–H groups in total. The molecule has 0 radical (unpaired) electrons. The molecule has 0 heterocycles. The minimum atomic E-state index is -0.372. The van der Waals surface area contributed by atoms with E-state index in [4.69, 9.17) is 4.74 Å². The summed E-state index contributed by atoms with van der Waals surface area (Å²) in [5, 5.41) is 5.08. The Morgan fingerprint density at radius 3 is 2.63 bits per heavy atom. The molecule has 5 nitrogen and oxygen atoms in total. The van der Waals surface area contributed by atoms with Crippen LogP contribution >= 0.6 is 11.8 Å². The Morgan fingerprint density at radius 1 is 1.19 bits per heavy atom. The second kappa shape index (κ2) is 10.6. The van der Waals surface area contributed by atoms with Crippen LogP contribution in [0, 0.1) is 12.7 Å². The maximum Gasteiger partial charge on any atom is 0.234 e. The van der Waals surface area contributed by atoms with Gasteiger partial charge in [0.05, 0.1) is 17.5 Å². The van der Waals surface area contributed by atoms with Crippen LogP contribution in [-0.4, -0.2) is 36.0 Å². The molecule has 2 amide bonds. The Hall–Kier alpha value is -2.54. The lowest BCUT2D eigenvalue weighted by Gasteiger charge is -2.13. The van der Waals surface area contributed by atoms with E-state index in [-0.39, 0.29) is 28.6 Å². The van der Waals surface area contributed by atoms with Crippen LogP contribution in [0.25, 0.3) is 0 Å². The van der Waals surface area contributed by atoms with Gasteiger partial charge in [-0.3, -0.25) is 9.59 Å². The lowest BCUT2D eigenvalue weighted by atomic mass is 10.2. The Labute approximate surface area is 162 Å². The molecule has 0 aliphatic heterocycles. The number of rotatable bonds is 9. The molecule has 0 fully saturated rings. The molecule has 0 aliphatic carbocycles. The quantitative estimate of drug-likeness (QED) is 0.644. The van der Waals surface area contributed by atoms with Crippen LogP contribution < -0.4 is 15.4 Å². The molecule has 0 aliphatic rings. The van der Waals surface area contributed by atoms with Crippen LogP contribution in [0.3, 0.4) is 0 Å². The van der Waals surface area contributed by atoms with E-state index in [9.17, 15) is 14.0 Å². The molecular weight excluding hydrogens is 367 g/mol. The van der Waals surface area contributed by atoms with Gasteiger partial charge in [0.1, 0.15) is 18.2 Å². The van der Waals surface area contributed by atoms with E-state index in [0.717, 1.165) is 11.3 Å². The first-order chi connectivity index (χ1) is 12.9. The Kier molecular flexibility index (Phi) is 8.13. The first-order valence-electron chi connectivity index (χ1n) is 8.58. The zero-order valence-corrected chi connectivity index (χ0v) is 16.1. The number of nitrogens with one attached hydrogen (secondary N) is 2. The number of carbonyl (C=O) groups is 2. The summed E-state index contributed by atoms with van der Waals surface area (Å²) in [5.74, 6) is 0.144. The molecule has 0 saturated carbocycles. The van der Waals surface area contributed by atoms with Crippen molar-refractivity contribution in [1.82, 2.24) is 5.32 Å². The first-order valence-corrected chi connectivity index (χ1v) is 9.63. The third-order valence-electron chi connectivity index (χ3n) is 3.62. The van der Waals surface area contributed by atoms with Crippen LogP contribution in [-0.2, 0) is 9.59 Å². The van der Waals surface area contributed by atoms with E-state index in [2.05, 4.69) is 10.6 Å². The van der Waals surface area contributed by atoms with Gasteiger partial charge in [0.2, 0.25) is 11.8 Å². The van der Waals surface area contributed by atoms with Crippen LogP contribution in [0.15, 0.2) is 48.5 Å². The molecule has 0 spiro atoms. The van der Waals surface area contributed by atoms with Crippen LogP contribution in [0.2, 0.25) is 0 Å². The summed E-state index contributed by atoms with van der Waals surface area (Å²) in [4.78, 5) is 23.9. The summed E-state index contributed by atoms with van der Waals surface area (Å²) < 4.78 is 18.4. The van der Waals surface area contributed by atoms with Gasteiger partial charge in [-0.25, -0.2) is 4.39 Å². The number of benzene rings is 2. The molecule has 2 aromatic rings. The molecule has 7 heteroatoms. The van der Waals surface area contributed by atoms with Crippen LogP contribution in [0.4, 0.5) is 10.1 Å². The van der Waals surface area contributed by atoms with Gasteiger partial charge in [-0.1, -0.05) is 12.1 Å². The molecule has 0 saturated heterocycles. The highest BCUT2D eigenvalue weighted by Crippen LogP contribution is 2.14.